The van der Waals surface area contributed by atoms with E-state index in [2.05, 4.69) is 26.1 Å². The minimum atomic E-state index is 0.786. The molecule has 0 aromatic carbocycles. The Morgan fingerprint density at radius 2 is 1.67 bits per heavy atom. The van der Waals surface area contributed by atoms with E-state index in [1.165, 1.54) is 70.9 Å². The highest BCUT2D eigenvalue weighted by Gasteiger charge is 2.31. The summed E-state index contributed by atoms with van der Waals surface area (Å²) in [7, 11) is 0. The molecule has 0 spiro atoms. The molecular formula is C20H39N. The van der Waals surface area contributed by atoms with Gasteiger partial charge in [-0.15, -0.1) is 0 Å². The molecule has 0 heterocycles. The van der Waals surface area contributed by atoms with Gasteiger partial charge in [0.15, 0.2) is 0 Å². The zero-order valence-electron chi connectivity index (χ0n) is 14.9. The van der Waals surface area contributed by atoms with Crippen molar-refractivity contribution in [3.05, 3.63) is 0 Å². The standard InChI is InChI=1S/C20H39N/c1-4-17-10-11-19(15-21-14-16(2)3)20(12-17)13-18-8-6-5-7-9-18/h16-21H,4-15H2,1-3H3. The molecule has 0 aliphatic heterocycles. The lowest BCUT2D eigenvalue weighted by molar-refractivity contribution is 0.133. The third-order valence-corrected chi connectivity index (χ3v) is 6.15. The Balaban J connectivity index is 1.83. The highest BCUT2D eigenvalue weighted by atomic mass is 14.9. The SMILES string of the molecule is CCC1CCC(CNCC(C)C)C(CC2CCCCC2)C1. The quantitative estimate of drug-likeness (QED) is 0.640. The van der Waals surface area contributed by atoms with Crippen molar-refractivity contribution in [3.8, 4) is 0 Å². The third kappa shape index (κ3) is 5.93. The van der Waals surface area contributed by atoms with Crippen LogP contribution in [-0.2, 0) is 0 Å². The molecule has 0 radical (unpaired) electrons. The third-order valence-electron chi connectivity index (χ3n) is 6.15. The summed E-state index contributed by atoms with van der Waals surface area (Å²) < 4.78 is 0. The Hall–Kier alpha value is -0.0400. The normalized spacial score (nSPS) is 31.7. The van der Waals surface area contributed by atoms with Gasteiger partial charge in [-0.25, -0.2) is 0 Å². The average Bonchev–Trinajstić information content (AvgIpc) is 2.49. The largest absolute Gasteiger partial charge is 0.316 e. The van der Waals surface area contributed by atoms with Crippen LogP contribution >= 0.6 is 0 Å². The van der Waals surface area contributed by atoms with Crippen LogP contribution in [0, 0.1) is 29.6 Å². The number of hydrogen-bond acceptors (Lipinski definition) is 1. The molecule has 0 aromatic rings. The van der Waals surface area contributed by atoms with E-state index < -0.39 is 0 Å². The molecule has 2 fully saturated rings. The minimum Gasteiger partial charge on any atom is -0.316 e. The summed E-state index contributed by atoms with van der Waals surface area (Å²) in [6, 6.07) is 0. The molecule has 124 valence electrons. The number of rotatable bonds is 7. The first-order chi connectivity index (χ1) is 10.2. The molecule has 21 heavy (non-hydrogen) atoms. The number of hydrogen-bond donors (Lipinski definition) is 1. The van der Waals surface area contributed by atoms with Gasteiger partial charge in [0.05, 0.1) is 0 Å². The van der Waals surface area contributed by atoms with Gasteiger partial charge in [0.1, 0.15) is 0 Å². The van der Waals surface area contributed by atoms with E-state index >= 15 is 0 Å². The Morgan fingerprint density at radius 1 is 0.905 bits per heavy atom. The Morgan fingerprint density at radius 3 is 2.33 bits per heavy atom. The van der Waals surface area contributed by atoms with Crippen molar-refractivity contribution < 1.29 is 0 Å². The monoisotopic (exact) mass is 293 g/mol. The molecule has 2 aliphatic rings. The molecule has 0 bridgehead atoms. The van der Waals surface area contributed by atoms with Gasteiger partial charge in [-0.1, -0.05) is 65.7 Å². The zero-order chi connectivity index (χ0) is 15.1. The van der Waals surface area contributed by atoms with Crippen molar-refractivity contribution in [2.45, 2.75) is 85.0 Å². The zero-order valence-corrected chi connectivity index (χ0v) is 14.9. The van der Waals surface area contributed by atoms with Gasteiger partial charge in [0, 0.05) is 0 Å². The lowest BCUT2D eigenvalue weighted by Crippen LogP contribution is -2.35. The maximum Gasteiger partial charge on any atom is -0.00178 e. The van der Waals surface area contributed by atoms with Gasteiger partial charge >= 0.3 is 0 Å². The van der Waals surface area contributed by atoms with E-state index in [1.807, 2.05) is 0 Å². The summed E-state index contributed by atoms with van der Waals surface area (Å²) in [5, 5.41) is 3.75. The van der Waals surface area contributed by atoms with Crippen LogP contribution in [0.2, 0.25) is 0 Å². The fraction of sp³-hybridized carbons (Fsp3) is 1.00. The van der Waals surface area contributed by atoms with E-state index in [-0.39, 0.29) is 0 Å². The molecular weight excluding hydrogens is 254 g/mol. The van der Waals surface area contributed by atoms with E-state index in [0.717, 1.165) is 29.6 Å². The first-order valence-electron chi connectivity index (χ1n) is 9.89. The predicted octanol–water partition coefficient (Wildman–Crippen LogP) is 5.64. The first-order valence-corrected chi connectivity index (χ1v) is 9.89. The van der Waals surface area contributed by atoms with Crippen LogP contribution in [0.3, 0.4) is 0 Å². The lowest BCUT2D eigenvalue weighted by atomic mass is 9.68. The van der Waals surface area contributed by atoms with Crippen LogP contribution < -0.4 is 5.32 Å². The average molecular weight is 294 g/mol. The van der Waals surface area contributed by atoms with Crippen LogP contribution in [0.4, 0.5) is 0 Å². The second-order valence-corrected chi connectivity index (χ2v) is 8.40. The Labute approximate surface area is 133 Å². The Bertz CT molecular complexity index is 267. The van der Waals surface area contributed by atoms with Crippen molar-refractivity contribution in [3.63, 3.8) is 0 Å². The Kier molecular flexibility index (Phi) is 7.57. The molecule has 1 N–H and O–H groups in total. The fourth-order valence-electron chi connectivity index (χ4n) is 4.76. The predicted molar refractivity (Wildman–Crippen MR) is 93.5 cm³/mol. The molecule has 2 rings (SSSR count). The molecule has 3 unspecified atom stereocenters. The molecule has 0 amide bonds. The van der Waals surface area contributed by atoms with Crippen molar-refractivity contribution in [2.75, 3.05) is 13.1 Å². The topological polar surface area (TPSA) is 12.0 Å². The molecule has 0 aromatic heterocycles. The summed E-state index contributed by atoms with van der Waals surface area (Å²) in [5.74, 6) is 4.86. The number of nitrogens with one attached hydrogen (secondary N) is 1. The van der Waals surface area contributed by atoms with E-state index in [1.54, 1.807) is 6.42 Å². The van der Waals surface area contributed by atoms with Crippen molar-refractivity contribution in [1.82, 2.24) is 5.32 Å². The fourth-order valence-corrected chi connectivity index (χ4v) is 4.76. The molecule has 2 saturated carbocycles. The summed E-state index contributed by atoms with van der Waals surface area (Å²) in [4.78, 5) is 0. The van der Waals surface area contributed by atoms with Gasteiger partial charge in [-0.2, -0.15) is 0 Å². The maximum absolute atomic E-state index is 3.75. The van der Waals surface area contributed by atoms with Crippen LogP contribution in [0.15, 0.2) is 0 Å². The van der Waals surface area contributed by atoms with E-state index in [9.17, 15) is 0 Å². The highest BCUT2D eigenvalue weighted by molar-refractivity contribution is 4.83. The highest BCUT2D eigenvalue weighted by Crippen LogP contribution is 2.41. The smallest absolute Gasteiger partial charge is 0.00178 e. The molecule has 3 atom stereocenters. The van der Waals surface area contributed by atoms with Crippen LogP contribution in [0.25, 0.3) is 0 Å². The van der Waals surface area contributed by atoms with Crippen molar-refractivity contribution in [1.29, 1.82) is 0 Å². The van der Waals surface area contributed by atoms with Gasteiger partial charge < -0.3 is 5.32 Å². The lowest BCUT2D eigenvalue weighted by Gasteiger charge is -2.39. The van der Waals surface area contributed by atoms with Gasteiger partial charge in [-0.3, -0.25) is 0 Å². The molecule has 0 saturated heterocycles. The van der Waals surface area contributed by atoms with E-state index in [4.69, 9.17) is 0 Å². The second-order valence-electron chi connectivity index (χ2n) is 8.40. The summed E-state index contributed by atoms with van der Waals surface area (Å²) in [5.41, 5.74) is 0. The first kappa shape index (κ1) is 17.3. The second kappa shape index (κ2) is 9.18. The van der Waals surface area contributed by atoms with Gasteiger partial charge in [-0.05, 0) is 61.9 Å². The van der Waals surface area contributed by atoms with Crippen molar-refractivity contribution in [2.24, 2.45) is 29.6 Å². The van der Waals surface area contributed by atoms with Crippen LogP contribution in [0.5, 0.6) is 0 Å². The summed E-state index contributed by atoms with van der Waals surface area (Å²) in [6.45, 7) is 9.52. The van der Waals surface area contributed by atoms with E-state index in [0.29, 0.717) is 0 Å². The summed E-state index contributed by atoms with van der Waals surface area (Å²) >= 11 is 0. The maximum atomic E-state index is 3.75. The molecule has 1 heteroatoms. The van der Waals surface area contributed by atoms with Gasteiger partial charge in [0.2, 0.25) is 0 Å². The summed E-state index contributed by atoms with van der Waals surface area (Å²) in [6.07, 6.45) is 15.0. The van der Waals surface area contributed by atoms with Gasteiger partial charge in [0.25, 0.3) is 0 Å². The van der Waals surface area contributed by atoms with Crippen LogP contribution in [0.1, 0.15) is 85.0 Å². The minimum absolute atomic E-state index is 0.786. The molecule has 1 nitrogen and oxygen atoms in total. The van der Waals surface area contributed by atoms with Crippen molar-refractivity contribution >= 4 is 0 Å². The molecule has 2 aliphatic carbocycles. The van der Waals surface area contributed by atoms with Crippen LogP contribution in [-0.4, -0.2) is 13.1 Å².